The van der Waals surface area contributed by atoms with Gasteiger partial charge in [-0.1, -0.05) is 12.1 Å². The van der Waals surface area contributed by atoms with Crippen LogP contribution < -0.4 is 0 Å². The number of hydrogen-bond donors (Lipinski definition) is 1. The first-order valence-corrected chi connectivity index (χ1v) is 5.99. The molecule has 2 nitrogen and oxygen atoms in total. The van der Waals surface area contributed by atoms with Crippen molar-refractivity contribution in [2.45, 2.75) is 19.4 Å². The number of halogens is 2. The maximum absolute atomic E-state index is 13.4. The van der Waals surface area contributed by atoms with Gasteiger partial charge < -0.3 is 5.11 Å². The summed E-state index contributed by atoms with van der Waals surface area (Å²) in [4.78, 5) is 4.11. The second-order valence-electron chi connectivity index (χ2n) is 3.76. The second kappa shape index (κ2) is 4.89. The smallest absolute Gasteiger partial charge is 0.162 e. The zero-order chi connectivity index (χ0) is 12.4. The summed E-state index contributed by atoms with van der Waals surface area (Å²) >= 11 is 1.31. The molecule has 1 N–H and O–H groups in total. The number of thiazole rings is 1. The summed E-state index contributed by atoms with van der Waals surface area (Å²) < 4.78 is 26.3. The van der Waals surface area contributed by atoms with E-state index in [0.29, 0.717) is 5.01 Å². The molecule has 90 valence electrons. The SMILES string of the molecule is Cc1csc(C(O)Cc2cccc(F)c2F)n1. The van der Waals surface area contributed by atoms with Crippen LogP contribution in [-0.4, -0.2) is 10.1 Å². The fraction of sp³-hybridized carbons (Fsp3) is 0.250. The molecule has 1 heterocycles. The molecular weight excluding hydrogens is 244 g/mol. The van der Waals surface area contributed by atoms with Crippen molar-refractivity contribution in [1.29, 1.82) is 0 Å². The molecule has 1 unspecified atom stereocenters. The van der Waals surface area contributed by atoms with E-state index in [1.807, 2.05) is 6.92 Å². The number of nitrogens with zero attached hydrogens (tertiary/aromatic N) is 1. The Morgan fingerprint density at radius 2 is 2.18 bits per heavy atom. The minimum absolute atomic E-state index is 0.0244. The minimum atomic E-state index is -0.903. The van der Waals surface area contributed by atoms with Crippen LogP contribution in [0.2, 0.25) is 0 Å². The zero-order valence-electron chi connectivity index (χ0n) is 9.15. The van der Waals surface area contributed by atoms with Gasteiger partial charge in [-0.25, -0.2) is 13.8 Å². The van der Waals surface area contributed by atoms with E-state index in [1.54, 1.807) is 5.38 Å². The van der Waals surface area contributed by atoms with Crippen molar-refractivity contribution in [1.82, 2.24) is 4.98 Å². The van der Waals surface area contributed by atoms with Gasteiger partial charge in [-0.15, -0.1) is 11.3 Å². The third-order valence-electron chi connectivity index (χ3n) is 2.37. The van der Waals surface area contributed by atoms with Gasteiger partial charge in [0.2, 0.25) is 0 Å². The highest BCUT2D eigenvalue weighted by molar-refractivity contribution is 7.09. The summed E-state index contributed by atoms with van der Waals surface area (Å²) in [5.41, 5.74) is 0.967. The van der Waals surface area contributed by atoms with Crippen LogP contribution in [0.15, 0.2) is 23.6 Å². The lowest BCUT2D eigenvalue weighted by Crippen LogP contribution is -2.04. The summed E-state index contributed by atoms with van der Waals surface area (Å²) in [5.74, 6) is -1.80. The molecule has 0 bridgehead atoms. The van der Waals surface area contributed by atoms with Crippen LogP contribution in [0.4, 0.5) is 8.78 Å². The first kappa shape index (κ1) is 12.1. The molecule has 0 amide bonds. The van der Waals surface area contributed by atoms with E-state index >= 15 is 0 Å². The van der Waals surface area contributed by atoms with Crippen molar-refractivity contribution < 1.29 is 13.9 Å². The zero-order valence-corrected chi connectivity index (χ0v) is 9.97. The lowest BCUT2D eigenvalue weighted by molar-refractivity contribution is 0.176. The first-order chi connectivity index (χ1) is 8.08. The molecule has 0 aliphatic heterocycles. The Morgan fingerprint density at radius 1 is 1.41 bits per heavy atom. The summed E-state index contributed by atoms with van der Waals surface area (Å²) in [6.07, 6.45) is -0.874. The predicted octanol–water partition coefficient (Wildman–Crippen LogP) is 3.01. The number of hydrogen-bond acceptors (Lipinski definition) is 3. The van der Waals surface area contributed by atoms with Crippen molar-refractivity contribution >= 4 is 11.3 Å². The highest BCUT2D eigenvalue weighted by Crippen LogP contribution is 2.23. The van der Waals surface area contributed by atoms with Gasteiger partial charge in [-0.05, 0) is 18.6 Å². The van der Waals surface area contributed by atoms with E-state index in [2.05, 4.69) is 4.98 Å². The molecule has 0 spiro atoms. The molecule has 0 radical (unpaired) electrons. The third-order valence-corrected chi connectivity index (χ3v) is 3.43. The monoisotopic (exact) mass is 255 g/mol. The fourth-order valence-electron chi connectivity index (χ4n) is 1.53. The van der Waals surface area contributed by atoms with Gasteiger partial charge in [0.1, 0.15) is 11.1 Å². The van der Waals surface area contributed by atoms with Gasteiger partial charge in [0, 0.05) is 17.5 Å². The van der Waals surface area contributed by atoms with Gasteiger partial charge in [-0.3, -0.25) is 0 Å². The molecular formula is C12H11F2NOS. The summed E-state index contributed by atoms with van der Waals surface area (Å²) in [6.45, 7) is 1.81. The molecule has 0 aliphatic rings. The molecule has 5 heteroatoms. The Labute approximate surface area is 102 Å². The van der Waals surface area contributed by atoms with Gasteiger partial charge in [-0.2, -0.15) is 0 Å². The Balaban J connectivity index is 2.18. The Bertz CT molecular complexity index is 527. The third kappa shape index (κ3) is 2.68. The molecule has 0 saturated heterocycles. The van der Waals surface area contributed by atoms with Crippen molar-refractivity contribution in [2.24, 2.45) is 0 Å². The van der Waals surface area contributed by atoms with E-state index in [9.17, 15) is 13.9 Å². The van der Waals surface area contributed by atoms with Crippen molar-refractivity contribution in [2.75, 3.05) is 0 Å². The number of benzene rings is 1. The standard InChI is InChI=1S/C12H11F2NOS/c1-7-6-17-12(15-7)10(16)5-8-3-2-4-9(13)11(8)14/h2-4,6,10,16H,5H2,1H3. The molecule has 1 aromatic carbocycles. The first-order valence-electron chi connectivity index (χ1n) is 5.11. The van der Waals surface area contributed by atoms with Gasteiger partial charge >= 0.3 is 0 Å². The van der Waals surface area contributed by atoms with Crippen LogP contribution >= 0.6 is 11.3 Å². The topological polar surface area (TPSA) is 33.1 Å². The van der Waals surface area contributed by atoms with Crippen LogP contribution in [0.1, 0.15) is 22.4 Å². The summed E-state index contributed by atoms with van der Waals surface area (Å²) in [6, 6.07) is 3.94. The van der Waals surface area contributed by atoms with Crippen LogP contribution in [0.3, 0.4) is 0 Å². The van der Waals surface area contributed by atoms with Crippen LogP contribution in [0.25, 0.3) is 0 Å². The molecule has 0 saturated carbocycles. The Hall–Kier alpha value is -1.33. The van der Waals surface area contributed by atoms with Crippen molar-refractivity contribution in [3.8, 4) is 0 Å². The highest BCUT2D eigenvalue weighted by atomic mass is 32.1. The molecule has 2 aromatic rings. The van der Waals surface area contributed by atoms with E-state index < -0.39 is 17.7 Å². The lowest BCUT2D eigenvalue weighted by atomic mass is 10.1. The summed E-state index contributed by atoms with van der Waals surface area (Å²) in [7, 11) is 0. The minimum Gasteiger partial charge on any atom is -0.386 e. The molecule has 2 rings (SSSR count). The van der Waals surface area contributed by atoms with E-state index in [4.69, 9.17) is 0 Å². The van der Waals surface area contributed by atoms with Crippen LogP contribution in [-0.2, 0) is 6.42 Å². The second-order valence-corrected chi connectivity index (χ2v) is 4.65. The largest absolute Gasteiger partial charge is 0.386 e. The lowest BCUT2D eigenvalue weighted by Gasteiger charge is -2.08. The normalized spacial score (nSPS) is 12.7. The van der Waals surface area contributed by atoms with Gasteiger partial charge in [0.05, 0.1) is 0 Å². The molecule has 0 fully saturated rings. The average Bonchev–Trinajstić information content (AvgIpc) is 2.72. The van der Waals surface area contributed by atoms with Crippen LogP contribution in [0.5, 0.6) is 0 Å². The van der Waals surface area contributed by atoms with Gasteiger partial charge in [0.25, 0.3) is 0 Å². The van der Waals surface area contributed by atoms with E-state index in [0.717, 1.165) is 11.8 Å². The molecule has 17 heavy (non-hydrogen) atoms. The van der Waals surface area contributed by atoms with Gasteiger partial charge in [0.15, 0.2) is 11.6 Å². The Morgan fingerprint density at radius 3 is 2.82 bits per heavy atom. The number of rotatable bonds is 3. The molecule has 0 aliphatic carbocycles. The molecule has 1 aromatic heterocycles. The maximum atomic E-state index is 13.4. The van der Waals surface area contributed by atoms with E-state index in [1.165, 1.54) is 23.5 Å². The van der Waals surface area contributed by atoms with E-state index in [-0.39, 0.29) is 12.0 Å². The highest BCUT2D eigenvalue weighted by Gasteiger charge is 2.16. The Kier molecular flexibility index (Phi) is 3.49. The molecule has 1 atom stereocenters. The number of aromatic nitrogens is 1. The van der Waals surface area contributed by atoms with Crippen molar-refractivity contribution in [3.05, 3.63) is 51.5 Å². The number of aliphatic hydroxyl groups is 1. The maximum Gasteiger partial charge on any atom is 0.162 e. The average molecular weight is 255 g/mol. The quantitative estimate of drug-likeness (QED) is 0.914. The predicted molar refractivity (Wildman–Crippen MR) is 61.9 cm³/mol. The fourth-order valence-corrected chi connectivity index (χ4v) is 2.31. The van der Waals surface area contributed by atoms with Crippen LogP contribution in [0, 0.1) is 18.6 Å². The number of aryl methyl sites for hydroxylation is 1. The number of aliphatic hydroxyl groups excluding tert-OH is 1. The van der Waals surface area contributed by atoms with Crippen molar-refractivity contribution in [3.63, 3.8) is 0 Å². The summed E-state index contributed by atoms with van der Waals surface area (Å²) in [5, 5.41) is 12.2.